The van der Waals surface area contributed by atoms with Crippen LogP contribution in [0.5, 0.6) is 0 Å². The number of carbonyl (C=O) groups is 3. The molecule has 0 heterocycles. The van der Waals surface area contributed by atoms with Crippen LogP contribution < -0.4 is 16.0 Å². The highest BCUT2D eigenvalue weighted by Crippen LogP contribution is 2.21. The van der Waals surface area contributed by atoms with Gasteiger partial charge in [-0.2, -0.15) is 0 Å². The first-order valence-electron chi connectivity index (χ1n) is 10.3. The lowest BCUT2D eigenvalue weighted by Gasteiger charge is -2.22. The smallest absolute Gasteiger partial charge is 0.412 e. The van der Waals surface area contributed by atoms with Crippen molar-refractivity contribution >= 4 is 29.3 Å². The van der Waals surface area contributed by atoms with E-state index in [1.807, 2.05) is 32.9 Å². The molecule has 7 nitrogen and oxygen atoms in total. The first kappa shape index (κ1) is 24.8. The number of halogens is 1. The summed E-state index contributed by atoms with van der Waals surface area (Å²) in [5, 5.41) is 7.77. The molecule has 0 fully saturated rings. The van der Waals surface area contributed by atoms with Crippen LogP contribution in [0.3, 0.4) is 0 Å². The van der Waals surface area contributed by atoms with E-state index >= 15 is 0 Å². The fraction of sp³-hybridized carbons (Fsp3) is 0.375. The number of aryl methyl sites for hydroxylation is 1. The van der Waals surface area contributed by atoms with Crippen molar-refractivity contribution in [2.75, 3.05) is 10.6 Å². The molecule has 0 spiro atoms. The Bertz CT molecular complexity index is 999. The molecule has 3 amide bonds. The molecule has 0 bridgehead atoms. The zero-order valence-electron chi connectivity index (χ0n) is 19.2. The quantitative estimate of drug-likeness (QED) is 0.593. The number of ether oxygens (including phenoxy) is 1. The van der Waals surface area contributed by atoms with E-state index in [1.165, 1.54) is 12.1 Å². The summed E-state index contributed by atoms with van der Waals surface area (Å²) in [4.78, 5) is 37.5. The molecule has 2 rings (SSSR count). The average molecular weight is 444 g/mol. The van der Waals surface area contributed by atoms with Gasteiger partial charge in [-0.05, 0) is 63.4 Å². The summed E-state index contributed by atoms with van der Waals surface area (Å²) in [5.41, 5.74) is 0.660. The van der Waals surface area contributed by atoms with Crippen molar-refractivity contribution in [1.82, 2.24) is 5.32 Å². The Morgan fingerprint density at radius 1 is 1.00 bits per heavy atom. The van der Waals surface area contributed by atoms with E-state index in [0.29, 0.717) is 5.56 Å². The van der Waals surface area contributed by atoms with Gasteiger partial charge in [0.05, 0.1) is 5.69 Å². The summed E-state index contributed by atoms with van der Waals surface area (Å²) in [6.07, 6.45) is -0.814. The summed E-state index contributed by atoms with van der Waals surface area (Å²) in [6, 6.07) is 10.0. The summed E-state index contributed by atoms with van der Waals surface area (Å²) >= 11 is 0. The third kappa shape index (κ3) is 7.08. The molecule has 8 heteroatoms. The molecule has 0 saturated heterocycles. The van der Waals surface area contributed by atoms with Crippen LogP contribution in [0.4, 0.5) is 20.6 Å². The number of anilines is 2. The molecular formula is C24H30FN3O4. The highest BCUT2D eigenvalue weighted by atomic mass is 19.1. The maximum Gasteiger partial charge on any atom is 0.412 e. The SMILES string of the molecule is Cc1ccccc1C(=O)NC(C(=O)Nc1ccc(F)c(NC(=O)OC(C)(C)C)c1)C(C)C. The molecule has 1 atom stereocenters. The van der Waals surface area contributed by atoms with Gasteiger partial charge in [0.25, 0.3) is 5.91 Å². The minimum absolute atomic E-state index is 0.137. The van der Waals surface area contributed by atoms with Gasteiger partial charge in [0, 0.05) is 11.3 Å². The summed E-state index contributed by atoms with van der Waals surface area (Å²) in [5.74, 6) is -1.70. The molecule has 0 saturated carbocycles. The van der Waals surface area contributed by atoms with Crippen LogP contribution in [-0.4, -0.2) is 29.6 Å². The number of amides is 3. The van der Waals surface area contributed by atoms with Gasteiger partial charge in [-0.1, -0.05) is 32.0 Å². The maximum atomic E-state index is 14.1. The highest BCUT2D eigenvalue weighted by Gasteiger charge is 2.26. The second-order valence-corrected chi connectivity index (χ2v) is 8.82. The third-order valence-corrected chi connectivity index (χ3v) is 4.49. The molecule has 32 heavy (non-hydrogen) atoms. The van der Waals surface area contributed by atoms with Crippen LogP contribution in [-0.2, 0) is 9.53 Å². The Kier molecular flexibility index (Phi) is 7.97. The van der Waals surface area contributed by atoms with Gasteiger partial charge in [0.1, 0.15) is 17.5 Å². The zero-order valence-corrected chi connectivity index (χ0v) is 19.2. The maximum absolute atomic E-state index is 14.1. The molecule has 2 aromatic carbocycles. The zero-order chi connectivity index (χ0) is 24.1. The van der Waals surface area contributed by atoms with Crippen LogP contribution in [0.2, 0.25) is 0 Å². The molecule has 172 valence electrons. The molecule has 1 unspecified atom stereocenters. The highest BCUT2D eigenvalue weighted by molar-refractivity contribution is 6.02. The monoisotopic (exact) mass is 443 g/mol. The van der Waals surface area contributed by atoms with Gasteiger partial charge in [-0.15, -0.1) is 0 Å². The largest absolute Gasteiger partial charge is 0.444 e. The Morgan fingerprint density at radius 3 is 2.25 bits per heavy atom. The first-order chi connectivity index (χ1) is 14.9. The number of hydrogen-bond acceptors (Lipinski definition) is 4. The van der Waals surface area contributed by atoms with Crippen molar-refractivity contribution in [3.63, 3.8) is 0 Å². The number of rotatable bonds is 6. The minimum Gasteiger partial charge on any atom is -0.444 e. The summed E-state index contributed by atoms with van der Waals surface area (Å²) in [6.45, 7) is 10.5. The van der Waals surface area contributed by atoms with Gasteiger partial charge >= 0.3 is 6.09 Å². The van der Waals surface area contributed by atoms with Crippen LogP contribution in [0.25, 0.3) is 0 Å². The second-order valence-electron chi connectivity index (χ2n) is 8.82. The van der Waals surface area contributed by atoms with Crippen LogP contribution >= 0.6 is 0 Å². The third-order valence-electron chi connectivity index (χ3n) is 4.49. The average Bonchev–Trinajstić information content (AvgIpc) is 2.67. The molecule has 0 radical (unpaired) electrons. The topological polar surface area (TPSA) is 96.5 Å². The lowest BCUT2D eigenvalue weighted by molar-refractivity contribution is -0.118. The van der Waals surface area contributed by atoms with Gasteiger partial charge in [0.2, 0.25) is 5.91 Å². The number of hydrogen-bond donors (Lipinski definition) is 3. The predicted molar refractivity (Wildman–Crippen MR) is 122 cm³/mol. The Morgan fingerprint density at radius 2 is 1.66 bits per heavy atom. The van der Waals surface area contributed by atoms with Crippen molar-refractivity contribution in [1.29, 1.82) is 0 Å². The van der Waals surface area contributed by atoms with Gasteiger partial charge in [-0.25, -0.2) is 9.18 Å². The molecule has 0 aliphatic heterocycles. The standard InChI is InChI=1S/C24H30FN3O4/c1-14(2)20(28-21(29)17-10-8-7-9-15(17)3)22(30)26-16-11-12-18(25)19(13-16)27-23(31)32-24(4,5)6/h7-14,20H,1-6H3,(H,26,30)(H,27,31)(H,28,29). The molecule has 0 aliphatic rings. The van der Waals surface area contributed by atoms with E-state index < -0.39 is 29.5 Å². The first-order valence-corrected chi connectivity index (χ1v) is 10.3. The lowest BCUT2D eigenvalue weighted by Crippen LogP contribution is -2.47. The van der Waals surface area contributed by atoms with Crippen molar-refractivity contribution in [2.45, 2.75) is 53.2 Å². The van der Waals surface area contributed by atoms with Crippen LogP contribution in [0, 0.1) is 18.7 Å². The summed E-state index contributed by atoms with van der Waals surface area (Å²) < 4.78 is 19.3. The number of benzene rings is 2. The van der Waals surface area contributed by atoms with Crippen LogP contribution in [0.1, 0.15) is 50.5 Å². The fourth-order valence-electron chi connectivity index (χ4n) is 2.91. The van der Waals surface area contributed by atoms with E-state index in [-0.39, 0.29) is 23.2 Å². The fourth-order valence-corrected chi connectivity index (χ4v) is 2.91. The molecular weight excluding hydrogens is 413 g/mol. The summed E-state index contributed by atoms with van der Waals surface area (Å²) in [7, 11) is 0. The lowest BCUT2D eigenvalue weighted by atomic mass is 10.0. The molecule has 2 aromatic rings. The van der Waals surface area contributed by atoms with E-state index in [1.54, 1.807) is 32.9 Å². The van der Waals surface area contributed by atoms with Crippen molar-refractivity contribution in [3.8, 4) is 0 Å². The van der Waals surface area contributed by atoms with Gasteiger partial charge in [-0.3, -0.25) is 14.9 Å². The molecule has 0 aromatic heterocycles. The Labute approximate surface area is 187 Å². The molecule has 3 N–H and O–H groups in total. The van der Waals surface area contributed by atoms with Gasteiger partial charge in [0.15, 0.2) is 0 Å². The van der Waals surface area contributed by atoms with E-state index in [4.69, 9.17) is 4.74 Å². The van der Waals surface area contributed by atoms with Crippen molar-refractivity contribution in [2.24, 2.45) is 5.92 Å². The van der Waals surface area contributed by atoms with Crippen LogP contribution in [0.15, 0.2) is 42.5 Å². The predicted octanol–water partition coefficient (Wildman–Crippen LogP) is 4.87. The van der Waals surface area contributed by atoms with E-state index in [9.17, 15) is 18.8 Å². The van der Waals surface area contributed by atoms with Crippen molar-refractivity contribution < 1.29 is 23.5 Å². The Balaban J connectivity index is 2.14. The molecule has 0 aliphatic carbocycles. The second kappa shape index (κ2) is 10.3. The Hall–Kier alpha value is -3.42. The minimum atomic E-state index is -0.825. The van der Waals surface area contributed by atoms with Gasteiger partial charge < -0.3 is 15.4 Å². The van der Waals surface area contributed by atoms with E-state index in [2.05, 4.69) is 16.0 Å². The normalized spacial score (nSPS) is 12.1. The number of carbonyl (C=O) groups excluding carboxylic acids is 3. The van der Waals surface area contributed by atoms with E-state index in [0.717, 1.165) is 11.6 Å². The number of nitrogens with one attached hydrogen (secondary N) is 3. The van der Waals surface area contributed by atoms with Crippen molar-refractivity contribution in [3.05, 3.63) is 59.4 Å².